The van der Waals surface area contributed by atoms with Gasteiger partial charge in [-0.3, -0.25) is 0 Å². The molecule has 1 heterocycles. The molecule has 2 rings (SSSR count). The van der Waals surface area contributed by atoms with Gasteiger partial charge in [0.25, 0.3) is 0 Å². The highest BCUT2D eigenvalue weighted by Crippen LogP contribution is 2.34. The van der Waals surface area contributed by atoms with E-state index in [9.17, 15) is 0 Å². The second-order valence-electron chi connectivity index (χ2n) is 3.75. The van der Waals surface area contributed by atoms with Gasteiger partial charge in [0.2, 0.25) is 0 Å². The van der Waals surface area contributed by atoms with E-state index in [0.717, 1.165) is 25.2 Å². The van der Waals surface area contributed by atoms with Gasteiger partial charge in [0.15, 0.2) is 0 Å². The maximum atomic E-state index is 9.06. The first kappa shape index (κ1) is 8.72. The summed E-state index contributed by atoms with van der Waals surface area (Å²) in [4.78, 5) is 4.20. The summed E-state index contributed by atoms with van der Waals surface area (Å²) in [6.45, 7) is 0.974. The number of rotatable bonds is 4. The Hall–Kier alpha value is -0.870. The fourth-order valence-corrected chi connectivity index (χ4v) is 1.38. The summed E-state index contributed by atoms with van der Waals surface area (Å²) in [5.74, 6) is 1.01. The minimum atomic E-state index is 0.00590. The van der Waals surface area contributed by atoms with Crippen LogP contribution in [0, 0.1) is 0 Å². The van der Waals surface area contributed by atoms with Crippen LogP contribution in [0.5, 0.6) is 0 Å². The summed E-state index contributed by atoms with van der Waals surface area (Å²) in [6, 6.07) is 0. The fraction of sp³-hybridized carbons (Fsp3) is 0.667. The molecule has 0 atom stereocenters. The smallest absolute Gasteiger partial charge is 0.122 e. The van der Waals surface area contributed by atoms with Crippen LogP contribution in [0.4, 0.5) is 0 Å². The minimum absolute atomic E-state index is 0.00590. The maximum absolute atomic E-state index is 9.06. The zero-order valence-corrected chi connectivity index (χ0v) is 7.82. The van der Waals surface area contributed by atoms with Gasteiger partial charge in [-0.05, 0) is 12.8 Å². The molecule has 72 valence electrons. The van der Waals surface area contributed by atoms with Crippen molar-refractivity contribution in [3.05, 3.63) is 18.2 Å². The van der Waals surface area contributed by atoms with Crippen molar-refractivity contribution in [3.8, 4) is 0 Å². The average Bonchev–Trinajstić information content (AvgIpc) is 2.82. The molecule has 0 aromatic carbocycles. The van der Waals surface area contributed by atoms with Crippen molar-refractivity contribution >= 4 is 0 Å². The molecule has 0 saturated heterocycles. The van der Waals surface area contributed by atoms with E-state index in [1.807, 2.05) is 17.8 Å². The van der Waals surface area contributed by atoms with E-state index in [0.29, 0.717) is 0 Å². The highest BCUT2D eigenvalue weighted by molar-refractivity contribution is 5.03. The van der Waals surface area contributed by atoms with Crippen molar-refractivity contribution in [1.82, 2.24) is 14.9 Å². The van der Waals surface area contributed by atoms with Crippen LogP contribution < -0.4 is 5.32 Å². The summed E-state index contributed by atoms with van der Waals surface area (Å²) in [6.07, 6.45) is 5.87. The number of hydrogen-bond donors (Lipinski definition) is 2. The molecule has 1 fully saturated rings. The highest BCUT2D eigenvalue weighted by atomic mass is 16.3. The van der Waals surface area contributed by atoms with E-state index in [-0.39, 0.29) is 12.1 Å². The Kier molecular flexibility index (Phi) is 2.09. The molecule has 0 spiro atoms. The van der Waals surface area contributed by atoms with E-state index in [4.69, 9.17) is 5.11 Å². The van der Waals surface area contributed by atoms with Crippen LogP contribution in [0.2, 0.25) is 0 Å². The largest absolute Gasteiger partial charge is 0.394 e. The lowest BCUT2D eigenvalue weighted by molar-refractivity contribution is 0.228. The van der Waals surface area contributed by atoms with Crippen LogP contribution in [0.1, 0.15) is 18.7 Å². The fourth-order valence-electron chi connectivity index (χ4n) is 1.38. The Bertz CT molecular complexity index is 291. The summed E-state index contributed by atoms with van der Waals surface area (Å²) in [5, 5.41) is 12.4. The molecule has 0 bridgehead atoms. The van der Waals surface area contributed by atoms with Gasteiger partial charge in [-0.1, -0.05) is 0 Å². The normalized spacial score (nSPS) is 18.9. The Labute approximate surface area is 77.6 Å². The molecule has 1 aliphatic carbocycles. The molecule has 0 radical (unpaired) electrons. The van der Waals surface area contributed by atoms with Gasteiger partial charge in [0.05, 0.1) is 13.2 Å². The number of aryl methyl sites for hydroxylation is 1. The van der Waals surface area contributed by atoms with Crippen LogP contribution in [-0.2, 0) is 13.6 Å². The molecule has 2 N–H and O–H groups in total. The van der Waals surface area contributed by atoms with Gasteiger partial charge < -0.3 is 15.0 Å². The molecular formula is C9H15N3O. The lowest BCUT2D eigenvalue weighted by Crippen LogP contribution is -2.34. The van der Waals surface area contributed by atoms with Crippen molar-refractivity contribution in [1.29, 1.82) is 0 Å². The second-order valence-corrected chi connectivity index (χ2v) is 3.75. The Morgan fingerprint density at radius 1 is 1.69 bits per heavy atom. The van der Waals surface area contributed by atoms with E-state index in [2.05, 4.69) is 10.3 Å². The second kappa shape index (κ2) is 3.12. The number of aliphatic hydroxyl groups is 1. The average molecular weight is 181 g/mol. The van der Waals surface area contributed by atoms with Crippen LogP contribution in [-0.4, -0.2) is 26.8 Å². The zero-order chi connectivity index (χ0) is 9.31. The number of nitrogens with one attached hydrogen (secondary N) is 1. The van der Waals surface area contributed by atoms with Gasteiger partial charge in [-0.25, -0.2) is 4.98 Å². The third-order valence-electron chi connectivity index (χ3n) is 2.70. The Balaban J connectivity index is 1.90. The van der Waals surface area contributed by atoms with E-state index in [1.54, 1.807) is 6.20 Å². The van der Waals surface area contributed by atoms with E-state index in [1.165, 1.54) is 0 Å². The number of nitrogens with zero attached hydrogens (tertiary/aromatic N) is 2. The van der Waals surface area contributed by atoms with Crippen LogP contribution in [0.15, 0.2) is 12.4 Å². The van der Waals surface area contributed by atoms with Gasteiger partial charge in [-0.15, -0.1) is 0 Å². The van der Waals surface area contributed by atoms with Gasteiger partial charge in [0.1, 0.15) is 5.82 Å². The van der Waals surface area contributed by atoms with Gasteiger partial charge >= 0.3 is 0 Å². The maximum Gasteiger partial charge on any atom is 0.122 e. The van der Waals surface area contributed by atoms with Crippen LogP contribution >= 0.6 is 0 Å². The van der Waals surface area contributed by atoms with Gasteiger partial charge in [-0.2, -0.15) is 0 Å². The standard InChI is InChI=1S/C9H15N3O/c1-12-5-4-10-8(12)6-11-9(7-13)2-3-9/h4-5,11,13H,2-3,6-7H2,1H3. The summed E-state index contributed by atoms with van der Waals surface area (Å²) in [5.41, 5.74) is 0.00590. The topological polar surface area (TPSA) is 50.1 Å². The first-order valence-corrected chi connectivity index (χ1v) is 4.58. The molecule has 4 heteroatoms. The van der Waals surface area contributed by atoms with Crippen LogP contribution in [0.3, 0.4) is 0 Å². The molecule has 1 saturated carbocycles. The summed E-state index contributed by atoms with van der Waals surface area (Å²) >= 11 is 0. The predicted molar refractivity (Wildman–Crippen MR) is 49.1 cm³/mol. The lowest BCUT2D eigenvalue weighted by atomic mass is 10.3. The molecule has 4 nitrogen and oxygen atoms in total. The molecule has 13 heavy (non-hydrogen) atoms. The van der Waals surface area contributed by atoms with Crippen molar-refractivity contribution < 1.29 is 5.11 Å². The predicted octanol–water partition coefficient (Wildman–Crippen LogP) is 0.0346. The molecule has 0 unspecified atom stereocenters. The van der Waals surface area contributed by atoms with E-state index < -0.39 is 0 Å². The number of imidazole rings is 1. The van der Waals surface area contributed by atoms with Crippen LogP contribution in [0.25, 0.3) is 0 Å². The first-order chi connectivity index (χ1) is 6.26. The zero-order valence-electron chi connectivity index (χ0n) is 7.82. The number of aromatic nitrogens is 2. The Morgan fingerprint density at radius 2 is 2.46 bits per heavy atom. The van der Waals surface area contributed by atoms with E-state index >= 15 is 0 Å². The summed E-state index contributed by atoms with van der Waals surface area (Å²) in [7, 11) is 1.97. The summed E-state index contributed by atoms with van der Waals surface area (Å²) < 4.78 is 1.99. The highest BCUT2D eigenvalue weighted by Gasteiger charge is 2.41. The minimum Gasteiger partial charge on any atom is -0.394 e. The lowest BCUT2D eigenvalue weighted by Gasteiger charge is -2.13. The molecular weight excluding hydrogens is 166 g/mol. The number of hydrogen-bond acceptors (Lipinski definition) is 3. The SMILES string of the molecule is Cn1ccnc1CNC1(CO)CC1. The first-order valence-electron chi connectivity index (χ1n) is 4.58. The third kappa shape index (κ3) is 1.73. The molecule has 0 aliphatic heterocycles. The van der Waals surface area contributed by atoms with Crippen molar-refractivity contribution in [3.63, 3.8) is 0 Å². The molecule has 1 aromatic rings. The van der Waals surface area contributed by atoms with Crippen molar-refractivity contribution in [2.24, 2.45) is 7.05 Å². The number of aliphatic hydroxyl groups excluding tert-OH is 1. The quantitative estimate of drug-likeness (QED) is 0.689. The molecule has 0 amide bonds. The van der Waals surface area contributed by atoms with Crippen molar-refractivity contribution in [2.75, 3.05) is 6.61 Å². The van der Waals surface area contributed by atoms with Crippen molar-refractivity contribution in [2.45, 2.75) is 24.9 Å². The molecule has 1 aliphatic rings. The Morgan fingerprint density at radius 3 is 2.92 bits per heavy atom. The third-order valence-corrected chi connectivity index (χ3v) is 2.70. The molecule has 1 aromatic heterocycles. The van der Waals surface area contributed by atoms with Gasteiger partial charge in [0, 0.05) is 25.0 Å². The monoisotopic (exact) mass is 181 g/mol.